The van der Waals surface area contributed by atoms with Crippen molar-refractivity contribution in [2.24, 2.45) is 0 Å². The molecular formula is C14H19NO6. The number of nitrogens with one attached hydrogen (secondary N) is 1. The van der Waals surface area contributed by atoms with Gasteiger partial charge < -0.3 is 19.3 Å². The third-order valence-corrected chi connectivity index (χ3v) is 2.17. The van der Waals surface area contributed by atoms with E-state index in [1.165, 1.54) is 19.2 Å². The SMILES string of the molecule is COc1ccc(OCC(=O)O)c(NC(=O)OC(C)(C)C)c1. The second-order valence-corrected chi connectivity index (χ2v) is 5.17. The van der Waals surface area contributed by atoms with Crippen molar-refractivity contribution in [3.63, 3.8) is 0 Å². The van der Waals surface area contributed by atoms with Crippen LogP contribution in [0.4, 0.5) is 10.5 Å². The molecule has 0 atom stereocenters. The summed E-state index contributed by atoms with van der Waals surface area (Å²) in [7, 11) is 1.48. The van der Waals surface area contributed by atoms with Crippen LogP contribution in [0, 0.1) is 0 Å². The highest BCUT2D eigenvalue weighted by atomic mass is 16.6. The quantitative estimate of drug-likeness (QED) is 0.867. The van der Waals surface area contributed by atoms with Crippen LogP contribution in [0.2, 0.25) is 0 Å². The number of benzene rings is 1. The van der Waals surface area contributed by atoms with Gasteiger partial charge in [0.25, 0.3) is 0 Å². The van der Waals surface area contributed by atoms with Crippen molar-refractivity contribution < 1.29 is 28.9 Å². The van der Waals surface area contributed by atoms with Gasteiger partial charge in [-0.05, 0) is 32.9 Å². The number of carboxylic acids is 1. The minimum atomic E-state index is -1.12. The second-order valence-electron chi connectivity index (χ2n) is 5.17. The molecule has 0 saturated carbocycles. The van der Waals surface area contributed by atoms with Crippen LogP contribution in [-0.4, -0.2) is 36.5 Å². The van der Waals surface area contributed by atoms with E-state index >= 15 is 0 Å². The fourth-order valence-corrected chi connectivity index (χ4v) is 1.41. The van der Waals surface area contributed by atoms with E-state index in [9.17, 15) is 9.59 Å². The number of carbonyl (C=O) groups is 2. The van der Waals surface area contributed by atoms with Crippen LogP contribution in [0.1, 0.15) is 20.8 Å². The van der Waals surface area contributed by atoms with Crippen LogP contribution >= 0.6 is 0 Å². The lowest BCUT2D eigenvalue weighted by molar-refractivity contribution is -0.139. The maximum atomic E-state index is 11.8. The normalized spacial score (nSPS) is 10.7. The van der Waals surface area contributed by atoms with Gasteiger partial charge in [-0.25, -0.2) is 9.59 Å². The molecule has 116 valence electrons. The average Bonchev–Trinajstić information content (AvgIpc) is 2.34. The summed E-state index contributed by atoms with van der Waals surface area (Å²) in [6.07, 6.45) is -0.670. The van der Waals surface area contributed by atoms with E-state index in [0.29, 0.717) is 5.75 Å². The number of amides is 1. The molecule has 0 heterocycles. The van der Waals surface area contributed by atoms with Gasteiger partial charge in [-0.15, -0.1) is 0 Å². The Morgan fingerprint density at radius 3 is 2.48 bits per heavy atom. The van der Waals surface area contributed by atoms with Crippen LogP contribution in [0.25, 0.3) is 0 Å². The summed E-state index contributed by atoms with van der Waals surface area (Å²) >= 11 is 0. The van der Waals surface area contributed by atoms with Gasteiger partial charge >= 0.3 is 12.1 Å². The molecule has 0 aliphatic carbocycles. The van der Waals surface area contributed by atoms with Crippen LogP contribution in [0.15, 0.2) is 18.2 Å². The third kappa shape index (κ3) is 6.03. The molecule has 0 bridgehead atoms. The van der Waals surface area contributed by atoms with Gasteiger partial charge in [0.2, 0.25) is 0 Å². The Morgan fingerprint density at radius 1 is 1.29 bits per heavy atom. The maximum Gasteiger partial charge on any atom is 0.412 e. The molecule has 21 heavy (non-hydrogen) atoms. The first-order valence-corrected chi connectivity index (χ1v) is 6.24. The van der Waals surface area contributed by atoms with E-state index in [-0.39, 0.29) is 11.4 Å². The molecule has 0 aromatic heterocycles. The molecule has 7 heteroatoms. The lowest BCUT2D eigenvalue weighted by Gasteiger charge is -2.20. The molecule has 0 fully saturated rings. The smallest absolute Gasteiger partial charge is 0.412 e. The summed E-state index contributed by atoms with van der Waals surface area (Å²) in [6, 6.07) is 4.62. The summed E-state index contributed by atoms with van der Waals surface area (Å²) in [5, 5.41) is 11.1. The molecular weight excluding hydrogens is 278 g/mol. The number of carboxylic acid groups (broad SMARTS) is 1. The molecule has 2 N–H and O–H groups in total. The molecule has 0 aliphatic heterocycles. The van der Waals surface area contributed by atoms with E-state index in [2.05, 4.69) is 5.32 Å². The zero-order chi connectivity index (χ0) is 16.0. The zero-order valence-corrected chi connectivity index (χ0v) is 12.4. The number of carbonyl (C=O) groups excluding carboxylic acids is 1. The predicted molar refractivity (Wildman–Crippen MR) is 76.0 cm³/mol. The van der Waals surface area contributed by atoms with Crippen molar-refractivity contribution >= 4 is 17.7 Å². The van der Waals surface area contributed by atoms with Crippen molar-refractivity contribution in [2.75, 3.05) is 19.0 Å². The van der Waals surface area contributed by atoms with Crippen molar-refractivity contribution in [3.8, 4) is 11.5 Å². The Balaban J connectivity index is 2.90. The molecule has 7 nitrogen and oxygen atoms in total. The molecule has 1 aromatic rings. The first-order chi connectivity index (χ1) is 9.71. The predicted octanol–water partition coefficient (Wildman–Crippen LogP) is 2.51. The molecule has 1 aromatic carbocycles. The van der Waals surface area contributed by atoms with Crippen molar-refractivity contribution in [2.45, 2.75) is 26.4 Å². The number of aliphatic carboxylic acids is 1. The summed E-state index contributed by atoms with van der Waals surface area (Å²) in [5.74, 6) is -0.415. The Bertz CT molecular complexity index is 521. The second kappa shape index (κ2) is 6.83. The molecule has 0 radical (unpaired) electrons. The minimum absolute atomic E-state index is 0.212. The van der Waals surface area contributed by atoms with Gasteiger partial charge in [0.15, 0.2) is 6.61 Å². The van der Waals surface area contributed by atoms with Gasteiger partial charge in [-0.3, -0.25) is 5.32 Å². The standard InChI is InChI=1S/C14H19NO6/c1-14(2,3)21-13(18)15-10-7-9(19-4)5-6-11(10)20-8-12(16)17/h5-7H,8H2,1-4H3,(H,15,18)(H,16,17). The number of hydrogen-bond acceptors (Lipinski definition) is 5. The van der Waals surface area contributed by atoms with Gasteiger partial charge in [0.1, 0.15) is 17.1 Å². The summed E-state index contributed by atoms with van der Waals surface area (Å²) in [6.45, 7) is 4.69. The van der Waals surface area contributed by atoms with Gasteiger partial charge in [0, 0.05) is 6.07 Å². The Kier molecular flexibility index (Phi) is 5.40. The number of methoxy groups -OCH3 is 1. The third-order valence-electron chi connectivity index (χ3n) is 2.17. The number of rotatable bonds is 5. The topological polar surface area (TPSA) is 94.1 Å². The monoisotopic (exact) mass is 297 g/mol. The van der Waals surface area contributed by atoms with Gasteiger partial charge in [-0.2, -0.15) is 0 Å². The first-order valence-electron chi connectivity index (χ1n) is 6.24. The molecule has 1 amide bonds. The van der Waals surface area contributed by atoms with Crippen LogP contribution < -0.4 is 14.8 Å². The summed E-state index contributed by atoms with van der Waals surface area (Å²) < 4.78 is 15.3. The molecule has 1 rings (SSSR count). The maximum absolute atomic E-state index is 11.8. The van der Waals surface area contributed by atoms with Gasteiger partial charge in [-0.1, -0.05) is 0 Å². The Morgan fingerprint density at radius 2 is 1.95 bits per heavy atom. The summed E-state index contributed by atoms with van der Waals surface area (Å²) in [4.78, 5) is 22.3. The lowest BCUT2D eigenvalue weighted by Crippen LogP contribution is -2.27. The Labute approximate surface area is 122 Å². The number of ether oxygens (including phenoxy) is 3. The Hall–Kier alpha value is -2.44. The fourth-order valence-electron chi connectivity index (χ4n) is 1.41. The molecule has 0 unspecified atom stereocenters. The van der Waals surface area contributed by atoms with Crippen molar-refractivity contribution in [1.29, 1.82) is 0 Å². The molecule has 0 spiro atoms. The highest BCUT2D eigenvalue weighted by Crippen LogP contribution is 2.29. The molecule has 0 aliphatic rings. The summed E-state index contributed by atoms with van der Waals surface area (Å²) in [5.41, 5.74) is -0.379. The first kappa shape index (κ1) is 16.6. The van der Waals surface area contributed by atoms with E-state index in [4.69, 9.17) is 19.3 Å². The van der Waals surface area contributed by atoms with E-state index in [1.807, 2.05) is 0 Å². The largest absolute Gasteiger partial charge is 0.497 e. The molecule has 0 saturated heterocycles. The van der Waals surface area contributed by atoms with Crippen molar-refractivity contribution in [3.05, 3.63) is 18.2 Å². The lowest BCUT2D eigenvalue weighted by atomic mass is 10.2. The number of hydrogen-bond donors (Lipinski definition) is 2. The van der Waals surface area contributed by atoms with E-state index in [0.717, 1.165) is 0 Å². The average molecular weight is 297 g/mol. The minimum Gasteiger partial charge on any atom is -0.497 e. The fraction of sp³-hybridized carbons (Fsp3) is 0.429. The van der Waals surface area contributed by atoms with Crippen LogP contribution in [0.3, 0.4) is 0 Å². The van der Waals surface area contributed by atoms with Crippen LogP contribution in [0.5, 0.6) is 11.5 Å². The highest BCUT2D eigenvalue weighted by Gasteiger charge is 2.18. The van der Waals surface area contributed by atoms with Crippen molar-refractivity contribution in [1.82, 2.24) is 0 Å². The van der Waals surface area contributed by atoms with E-state index < -0.39 is 24.3 Å². The van der Waals surface area contributed by atoms with Gasteiger partial charge in [0.05, 0.1) is 12.8 Å². The highest BCUT2D eigenvalue weighted by molar-refractivity contribution is 5.87. The van der Waals surface area contributed by atoms with E-state index in [1.54, 1.807) is 26.8 Å². The number of anilines is 1. The van der Waals surface area contributed by atoms with Crippen LogP contribution in [-0.2, 0) is 9.53 Å². The zero-order valence-electron chi connectivity index (χ0n) is 12.4.